The number of aliphatic imine (C=N–C) groups is 1. The van der Waals surface area contributed by atoms with Gasteiger partial charge in [0.15, 0.2) is 17.5 Å². The average molecular weight is 551 g/mol. The minimum Gasteiger partial charge on any atom is -0.490 e. The lowest BCUT2D eigenvalue weighted by atomic mass is 10.2. The van der Waals surface area contributed by atoms with Crippen molar-refractivity contribution in [3.8, 4) is 11.5 Å². The molecule has 3 aromatic rings. The van der Waals surface area contributed by atoms with E-state index in [0.717, 1.165) is 54.7 Å². The second-order valence-electron chi connectivity index (χ2n) is 7.46. The molecule has 2 aromatic heterocycles. The topological polar surface area (TPSA) is 85.8 Å². The van der Waals surface area contributed by atoms with Gasteiger partial charge in [0, 0.05) is 50.4 Å². The number of nitrogens with zero attached hydrogens (tertiary/aromatic N) is 3. The Hall–Kier alpha value is -2.69. The molecule has 0 atom stereocenters. The summed E-state index contributed by atoms with van der Waals surface area (Å²) in [5, 5.41) is 11.1. The molecule has 0 bridgehead atoms. The van der Waals surface area contributed by atoms with Gasteiger partial charge in [0.2, 0.25) is 0 Å². The molecule has 0 spiro atoms. The van der Waals surface area contributed by atoms with Crippen LogP contribution >= 0.6 is 24.0 Å². The van der Waals surface area contributed by atoms with E-state index in [1.807, 2.05) is 54.3 Å². The van der Waals surface area contributed by atoms with Crippen LogP contribution < -0.4 is 20.1 Å². The summed E-state index contributed by atoms with van der Waals surface area (Å²) in [5.74, 6) is 3.20. The molecule has 0 amide bonds. The Bertz CT molecular complexity index is 987. The molecule has 0 radical (unpaired) electrons. The molecule has 0 aliphatic carbocycles. The van der Waals surface area contributed by atoms with E-state index in [2.05, 4.69) is 15.7 Å². The first-order valence-electron chi connectivity index (χ1n) is 10.7. The average Bonchev–Trinajstić information content (AvgIpc) is 3.37. The fraction of sp³-hybridized carbons (Fsp3) is 0.391. The molecule has 2 N–H and O–H groups in total. The highest BCUT2D eigenvalue weighted by atomic mass is 127. The molecule has 0 fully saturated rings. The van der Waals surface area contributed by atoms with E-state index in [1.54, 1.807) is 6.26 Å². The van der Waals surface area contributed by atoms with Gasteiger partial charge in [-0.05, 0) is 43.2 Å². The largest absolute Gasteiger partial charge is 0.490 e. The predicted molar refractivity (Wildman–Crippen MR) is 135 cm³/mol. The molecule has 0 saturated heterocycles. The van der Waals surface area contributed by atoms with Gasteiger partial charge in [-0.15, -0.1) is 24.0 Å². The van der Waals surface area contributed by atoms with Crippen LogP contribution in [-0.4, -0.2) is 42.0 Å². The third kappa shape index (κ3) is 7.18. The Kier molecular flexibility index (Phi) is 9.27. The van der Waals surface area contributed by atoms with Crippen LogP contribution in [0.4, 0.5) is 5.69 Å². The molecule has 3 heterocycles. The van der Waals surface area contributed by atoms with Crippen LogP contribution in [0.1, 0.15) is 24.2 Å². The normalized spacial score (nSPS) is 13.2. The van der Waals surface area contributed by atoms with Gasteiger partial charge < -0.3 is 24.5 Å². The van der Waals surface area contributed by atoms with E-state index in [1.165, 1.54) is 5.56 Å². The Balaban J connectivity index is 0.00000289. The highest BCUT2D eigenvalue weighted by Crippen LogP contribution is 2.32. The van der Waals surface area contributed by atoms with Gasteiger partial charge in [0.1, 0.15) is 5.76 Å². The molecule has 1 aromatic carbocycles. The number of aryl methyl sites for hydroxylation is 2. The maximum Gasteiger partial charge on any atom is 0.195 e. The summed E-state index contributed by atoms with van der Waals surface area (Å²) >= 11 is 0. The van der Waals surface area contributed by atoms with Crippen molar-refractivity contribution in [2.45, 2.75) is 32.7 Å². The second kappa shape index (κ2) is 12.4. The van der Waals surface area contributed by atoms with Crippen LogP contribution in [0.25, 0.3) is 0 Å². The quantitative estimate of drug-likeness (QED) is 0.189. The van der Waals surface area contributed by atoms with Crippen LogP contribution in [0.15, 0.2) is 58.4 Å². The molecule has 0 saturated carbocycles. The number of rotatable bonds is 8. The summed E-state index contributed by atoms with van der Waals surface area (Å²) < 4.78 is 18.9. The monoisotopic (exact) mass is 551 g/mol. The molecule has 4 rings (SSSR count). The lowest BCUT2D eigenvalue weighted by Crippen LogP contribution is -2.32. The Morgan fingerprint density at radius 2 is 2.06 bits per heavy atom. The number of hydrogen-bond donors (Lipinski definition) is 2. The number of hydrogen-bond acceptors (Lipinski definition) is 5. The van der Waals surface area contributed by atoms with Crippen molar-refractivity contribution in [1.29, 1.82) is 0 Å². The van der Waals surface area contributed by atoms with E-state index in [-0.39, 0.29) is 24.0 Å². The van der Waals surface area contributed by atoms with Crippen molar-refractivity contribution >= 4 is 35.6 Å². The van der Waals surface area contributed by atoms with Crippen molar-refractivity contribution in [2.75, 3.05) is 31.6 Å². The maximum atomic E-state index is 5.80. The summed E-state index contributed by atoms with van der Waals surface area (Å²) in [6.07, 6.45) is 8.17. The van der Waals surface area contributed by atoms with E-state index < -0.39 is 0 Å². The number of ether oxygens (including phenoxy) is 2. The van der Waals surface area contributed by atoms with Crippen molar-refractivity contribution in [3.63, 3.8) is 0 Å². The summed E-state index contributed by atoms with van der Waals surface area (Å²) in [6, 6.07) is 9.74. The molecule has 9 heteroatoms. The minimum atomic E-state index is 0. The lowest BCUT2D eigenvalue weighted by molar-refractivity contribution is 0.297. The third-order valence-electron chi connectivity index (χ3n) is 4.83. The van der Waals surface area contributed by atoms with E-state index in [4.69, 9.17) is 18.9 Å². The predicted octanol–water partition coefficient (Wildman–Crippen LogP) is 4.25. The van der Waals surface area contributed by atoms with Crippen molar-refractivity contribution in [3.05, 3.63) is 60.3 Å². The van der Waals surface area contributed by atoms with Gasteiger partial charge in [-0.1, -0.05) is 0 Å². The zero-order chi connectivity index (χ0) is 21.3. The molecular formula is C23H30IN5O3. The number of fused-ring (bicyclic) bond motifs is 1. The number of aromatic nitrogens is 2. The number of nitrogens with one attached hydrogen (secondary N) is 2. The van der Waals surface area contributed by atoms with Crippen molar-refractivity contribution in [1.82, 2.24) is 15.1 Å². The summed E-state index contributed by atoms with van der Waals surface area (Å²) in [7, 11) is 0. The van der Waals surface area contributed by atoms with Gasteiger partial charge in [0.05, 0.1) is 25.7 Å². The first kappa shape index (κ1) is 24.0. The molecule has 8 nitrogen and oxygen atoms in total. The van der Waals surface area contributed by atoms with Crippen LogP contribution in [0.2, 0.25) is 0 Å². The SMILES string of the molecule is Cc1cnn(CCCN=C(NCCc2ccco2)Nc2ccc3c(c2)OCCCO3)c1.I. The van der Waals surface area contributed by atoms with Crippen LogP contribution in [0, 0.1) is 6.92 Å². The number of furan rings is 1. The molecule has 0 unspecified atom stereocenters. The minimum absolute atomic E-state index is 0. The van der Waals surface area contributed by atoms with Crippen molar-refractivity contribution in [2.24, 2.45) is 4.99 Å². The van der Waals surface area contributed by atoms with Gasteiger partial charge in [-0.2, -0.15) is 5.10 Å². The number of halogens is 1. The van der Waals surface area contributed by atoms with Crippen molar-refractivity contribution < 1.29 is 13.9 Å². The maximum absolute atomic E-state index is 5.80. The van der Waals surface area contributed by atoms with Crippen LogP contribution in [0.5, 0.6) is 11.5 Å². The Morgan fingerprint density at radius 1 is 1.19 bits per heavy atom. The molecule has 1 aliphatic heterocycles. The number of benzene rings is 1. The zero-order valence-electron chi connectivity index (χ0n) is 18.3. The fourth-order valence-corrected chi connectivity index (χ4v) is 3.29. The number of guanidine groups is 1. The molecule has 1 aliphatic rings. The lowest BCUT2D eigenvalue weighted by Gasteiger charge is -2.14. The van der Waals surface area contributed by atoms with Gasteiger partial charge in [-0.3, -0.25) is 9.67 Å². The molecular weight excluding hydrogens is 521 g/mol. The first-order valence-corrected chi connectivity index (χ1v) is 10.7. The highest BCUT2D eigenvalue weighted by Gasteiger charge is 2.11. The van der Waals surface area contributed by atoms with Crippen LogP contribution in [0.3, 0.4) is 0 Å². The number of anilines is 1. The van der Waals surface area contributed by atoms with Gasteiger partial charge in [-0.25, -0.2) is 0 Å². The second-order valence-corrected chi connectivity index (χ2v) is 7.46. The molecule has 32 heavy (non-hydrogen) atoms. The van der Waals surface area contributed by atoms with Crippen LogP contribution in [-0.2, 0) is 13.0 Å². The van der Waals surface area contributed by atoms with Gasteiger partial charge >= 0.3 is 0 Å². The fourth-order valence-electron chi connectivity index (χ4n) is 3.29. The molecule has 172 valence electrons. The van der Waals surface area contributed by atoms with Gasteiger partial charge in [0.25, 0.3) is 0 Å². The van der Waals surface area contributed by atoms with E-state index in [0.29, 0.717) is 26.3 Å². The zero-order valence-corrected chi connectivity index (χ0v) is 20.6. The Labute approximate surface area is 205 Å². The van der Waals surface area contributed by atoms with E-state index in [9.17, 15) is 0 Å². The standard InChI is InChI=1S/C23H29N5O3.HI/c1-18-16-26-28(17-18)11-3-9-24-23(25-10-8-20-5-2-12-29-20)27-19-6-7-21-22(15-19)31-14-4-13-30-21;/h2,5-7,12,15-17H,3-4,8-11,13-14H2,1H3,(H2,24,25,27);1H. The smallest absolute Gasteiger partial charge is 0.195 e. The summed E-state index contributed by atoms with van der Waals surface area (Å²) in [5.41, 5.74) is 2.07. The third-order valence-corrected chi connectivity index (χ3v) is 4.83. The highest BCUT2D eigenvalue weighted by molar-refractivity contribution is 14.0. The first-order chi connectivity index (χ1) is 15.3. The van der Waals surface area contributed by atoms with E-state index >= 15 is 0 Å². The Morgan fingerprint density at radius 3 is 2.84 bits per heavy atom. The summed E-state index contributed by atoms with van der Waals surface area (Å²) in [6.45, 7) is 5.60. The summed E-state index contributed by atoms with van der Waals surface area (Å²) in [4.78, 5) is 4.74.